The third-order valence-corrected chi connectivity index (χ3v) is 6.30. The maximum absolute atomic E-state index is 12.6. The van der Waals surface area contributed by atoms with Crippen LogP contribution < -0.4 is 0 Å². The highest BCUT2D eigenvalue weighted by Crippen LogP contribution is 2.40. The van der Waals surface area contributed by atoms with Crippen LogP contribution in [-0.2, 0) is 25.7 Å². The summed E-state index contributed by atoms with van der Waals surface area (Å²) in [5.74, 6) is -2.25. The number of halogens is 3. The van der Waals surface area contributed by atoms with E-state index in [1.807, 2.05) is 17.0 Å². The first-order valence-corrected chi connectivity index (χ1v) is 10.5. The van der Waals surface area contributed by atoms with Crippen LogP contribution in [0.25, 0.3) is 0 Å². The number of ether oxygens (including phenoxy) is 1. The van der Waals surface area contributed by atoms with Crippen molar-refractivity contribution < 1.29 is 37.4 Å². The molecule has 0 saturated carbocycles. The van der Waals surface area contributed by atoms with Gasteiger partial charge in [-0.3, -0.25) is 14.6 Å². The Hall–Kier alpha value is -2.69. The van der Waals surface area contributed by atoms with E-state index in [2.05, 4.69) is 9.88 Å². The molecule has 3 saturated heterocycles. The maximum atomic E-state index is 12.6. The monoisotopic (exact) mass is 457 g/mol. The molecule has 2 amide bonds. The second-order valence-electron chi connectivity index (χ2n) is 8.25. The van der Waals surface area contributed by atoms with Gasteiger partial charge in [0.1, 0.15) is 0 Å². The SMILES string of the molecule is O=C(C1CCOC1)N1CCC2(CCC(=O)N2Cc2ccncc2)CC1.O=C(O)C(F)(F)F. The molecule has 3 aliphatic rings. The second-order valence-corrected chi connectivity index (χ2v) is 8.25. The zero-order chi connectivity index (χ0) is 23.4. The van der Waals surface area contributed by atoms with E-state index in [9.17, 15) is 22.8 Å². The third-order valence-electron chi connectivity index (χ3n) is 6.30. The molecule has 0 radical (unpaired) electrons. The van der Waals surface area contributed by atoms with Gasteiger partial charge in [0.2, 0.25) is 11.8 Å². The van der Waals surface area contributed by atoms with E-state index >= 15 is 0 Å². The number of hydrogen-bond donors (Lipinski definition) is 1. The van der Waals surface area contributed by atoms with Crippen LogP contribution in [0.2, 0.25) is 0 Å². The summed E-state index contributed by atoms with van der Waals surface area (Å²) in [7, 11) is 0. The molecule has 0 aliphatic carbocycles. The predicted molar refractivity (Wildman–Crippen MR) is 105 cm³/mol. The number of carboxylic acid groups (broad SMARTS) is 1. The summed E-state index contributed by atoms with van der Waals surface area (Å²) in [4.78, 5) is 42.1. The zero-order valence-corrected chi connectivity index (χ0v) is 17.5. The molecule has 11 heteroatoms. The Morgan fingerprint density at radius 3 is 2.34 bits per heavy atom. The molecule has 1 spiro atoms. The number of hydrogen-bond acceptors (Lipinski definition) is 5. The molecule has 8 nitrogen and oxygen atoms in total. The van der Waals surface area contributed by atoms with E-state index in [4.69, 9.17) is 14.6 Å². The van der Waals surface area contributed by atoms with Gasteiger partial charge in [0.15, 0.2) is 0 Å². The number of aliphatic carboxylic acids is 1. The normalized spacial score (nSPS) is 22.6. The number of carboxylic acids is 1. The van der Waals surface area contributed by atoms with Crippen LogP contribution in [0.15, 0.2) is 24.5 Å². The van der Waals surface area contributed by atoms with Crippen molar-refractivity contribution in [3.05, 3.63) is 30.1 Å². The summed E-state index contributed by atoms with van der Waals surface area (Å²) >= 11 is 0. The highest BCUT2D eigenvalue weighted by Gasteiger charge is 2.47. The molecule has 176 valence electrons. The standard InChI is InChI=1S/C19H25N3O3.C2HF3O2/c23-17-1-5-19(22(17)13-15-2-8-20-9-3-15)6-10-21(11-7-19)18(24)16-4-12-25-14-16;3-2(4,5)1(6)7/h2-3,8-9,16H,1,4-7,10-14H2;(H,6,7). The topological polar surface area (TPSA) is 100 Å². The first-order chi connectivity index (χ1) is 15.1. The molecule has 0 bridgehead atoms. The Morgan fingerprint density at radius 1 is 1.19 bits per heavy atom. The number of carbonyl (C=O) groups is 3. The van der Waals surface area contributed by atoms with Crippen LogP contribution in [0.5, 0.6) is 0 Å². The highest BCUT2D eigenvalue weighted by molar-refractivity contribution is 5.81. The lowest BCUT2D eigenvalue weighted by Gasteiger charge is -2.45. The Bertz CT molecular complexity index is 820. The maximum Gasteiger partial charge on any atom is 0.490 e. The number of rotatable bonds is 3. The summed E-state index contributed by atoms with van der Waals surface area (Å²) in [5, 5.41) is 7.12. The molecule has 0 aromatic carbocycles. The fraction of sp³-hybridized carbons (Fsp3) is 0.619. The van der Waals surface area contributed by atoms with Gasteiger partial charge in [-0.2, -0.15) is 13.2 Å². The zero-order valence-electron chi connectivity index (χ0n) is 17.5. The first kappa shape index (κ1) is 24.0. The van der Waals surface area contributed by atoms with Crippen LogP contribution in [0.1, 0.15) is 37.7 Å². The third kappa shape index (κ3) is 5.56. The molecule has 1 N–H and O–H groups in total. The Balaban J connectivity index is 0.000000360. The van der Waals surface area contributed by atoms with Gasteiger partial charge in [0.25, 0.3) is 0 Å². The average molecular weight is 457 g/mol. The fourth-order valence-electron chi connectivity index (χ4n) is 4.45. The molecule has 1 atom stereocenters. The van der Waals surface area contributed by atoms with E-state index in [0.717, 1.165) is 44.3 Å². The molecule has 1 aromatic rings. The van der Waals surface area contributed by atoms with Gasteiger partial charge in [-0.15, -0.1) is 0 Å². The first-order valence-electron chi connectivity index (χ1n) is 10.5. The average Bonchev–Trinajstić information content (AvgIpc) is 3.40. The van der Waals surface area contributed by atoms with Gasteiger partial charge >= 0.3 is 12.1 Å². The van der Waals surface area contributed by atoms with Crippen LogP contribution in [0.3, 0.4) is 0 Å². The van der Waals surface area contributed by atoms with Crippen LogP contribution in [-0.4, -0.2) is 75.7 Å². The van der Waals surface area contributed by atoms with Gasteiger partial charge < -0.3 is 19.6 Å². The molecule has 1 unspecified atom stereocenters. The fourth-order valence-corrected chi connectivity index (χ4v) is 4.45. The summed E-state index contributed by atoms with van der Waals surface area (Å²) in [6.07, 6.45) is 2.58. The van der Waals surface area contributed by atoms with E-state index in [1.54, 1.807) is 12.4 Å². The molecule has 3 fully saturated rings. The summed E-state index contributed by atoms with van der Waals surface area (Å²) in [6, 6.07) is 3.94. The minimum atomic E-state index is -5.08. The minimum absolute atomic E-state index is 0.0344. The molecule has 4 rings (SSSR count). The van der Waals surface area contributed by atoms with Crippen molar-refractivity contribution in [1.29, 1.82) is 0 Å². The lowest BCUT2D eigenvalue weighted by atomic mass is 9.84. The summed E-state index contributed by atoms with van der Waals surface area (Å²) in [5.41, 5.74) is 1.04. The lowest BCUT2D eigenvalue weighted by Crippen LogP contribution is -2.54. The number of nitrogens with zero attached hydrogens (tertiary/aromatic N) is 3. The number of alkyl halides is 3. The van der Waals surface area contributed by atoms with Gasteiger partial charge in [-0.1, -0.05) is 0 Å². The van der Waals surface area contributed by atoms with Gasteiger partial charge in [-0.25, -0.2) is 4.79 Å². The van der Waals surface area contributed by atoms with Crippen molar-refractivity contribution in [3.8, 4) is 0 Å². The Morgan fingerprint density at radius 2 is 1.81 bits per heavy atom. The molecular formula is C21H26F3N3O5. The number of aromatic nitrogens is 1. The minimum Gasteiger partial charge on any atom is -0.475 e. The Kier molecular flexibility index (Phi) is 7.37. The van der Waals surface area contributed by atoms with E-state index in [0.29, 0.717) is 26.2 Å². The van der Waals surface area contributed by atoms with Crippen LogP contribution in [0, 0.1) is 5.92 Å². The molecule has 32 heavy (non-hydrogen) atoms. The van der Waals surface area contributed by atoms with Crippen molar-refractivity contribution in [1.82, 2.24) is 14.8 Å². The van der Waals surface area contributed by atoms with Crippen molar-refractivity contribution in [2.75, 3.05) is 26.3 Å². The van der Waals surface area contributed by atoms with E-state index < -0.39 is 12.1 Å². The van der Waals surface area contributed by atoms with Gasteiger partial charge in [0.05, 0.1) is 12.5 Å². The largest absolute Gasteiger partial charge is 0.490 e. The van der Waals surface area contributed by atoms with Crippen molar-refractivity contribution in [2.24, 2.45) is 5.92 Å². The van der Waals surface area contributed by atoms with Crippen molar-refractivity contribution in [3.63, 3.8) is 0 Å². The van der Waals surface area contributed by atoms with Crippen molar-refractivity contribution >= 4 is 17.8 Å². The molecule has 1 aromatic heterocycles. The smallest absolute Gasteiger partial charge is 0.475 e. The number of pyridine rings is 1. The van der Waals surface area contributed by atoms with Gasteiger partial charge in [0, 0.05) is 50.6 Å². The number of likely N-dealkylation sites (tertiary alicyclic amines) is 2. The molecule has 4 heterocycles. The summed E-state index contributed by atoms with van der Waals surface area (Å²) in [6.45, 7) is 3.40. The van der Waals surface area contributed by atoms with Gasteiger partial charge in [-0.05, 0) is 43.4 Å². The molecular weight excluding hydrogens is 431 g/mol. The summed E-state index contributed by atoms with van der Waals surface area (Å²) < 4.78 is 37.1. The number of amides is 2. The predicted octanol–water partition coefficient (Wildman–Crippen LogP) is 2.23. The van der Waals surface area contributed by atoms with Crippen LogP contribution >= 0.6 is 0 Å². The highest BCUT2D eigenvalue weighted by atomic mass is 19.4. The second kappa shape index (κ2) is 9.85. The van der Waals surface area contributed by atoms with Crippen LogP contribution in [0.4, 0.5) is 13.2 Å². The quantitative estimate of drug-likeness (QED) is 0.747. The van der Waals surface area contributed by atoms with Crippen molar-refractivity contribution in [2.45, 2.75) is 50.4 Å². The number of piperidine rings is 1. The Labute approximate surface area is 183 Å². The van der Waals surface area contributed by atoms with E-state index in [1.165, 1.54) is 0 Å². The number of carbonyl (C=O) groups excluding carboxylic acids is 2. The molecule has 3 aliphatic heterocycles. The van der Waals surface area contributed by atoms with E-state index in [-0.39, 0.29) is 23.3 Å². The lowest BCUT2D eigenvalue weighted by molar-refractivity contribution is -0.192.